The molecule has 0 bridgehead atoms. The quantitative estimate of drug-likeness (QED) is 0.283. The Kier molecular flexibility index (Phi) is 6.51. The lowest BCUT2D eigenvalue weighted by molar-refractivity contribution is 0.0983. The molecule has 0 spiro atoms. The molecular weight excluding hydrogens is 432 g/mol. The Morgan fingerprint density at radius 1 is 1.13 bits per heavy atom. The van der Waals surface area contributed by atoms with Crippen LogP contribution in [0.25, 0.3) is 10.2 Å². The monoisotopic (exact) mass is 454 g/mol. The van der Waals surface area contributed by atoms with E-state index in [1.165, 1.54) is 16.2 Å². The summed E-state index contributed by atoms with van der Waals surface area (Å²) < 4.78 is 6.59. The number of anilines is 1. The van der Waals surface area contributed by atoms with Crippen molar-refractivity contribution in [1.29, 1.82) is 0 Å². The van der Waals surface area contributed by atoms with Crippen LogP contribution in [-0.4, -0.2) is 22.4 Å². The van der Waals surface area contributed by atoms with Gasteiger partial charge in [0, 0.05) is 20.6 Å². The zero-order valence-corrected chi connectivity index (χ0v) is 19.4. The van der Waals surface area contributed by atoms with Crippen molar-refractivity contribution >= 4 is 56.1 Å². The standard InChI is InChI=1S/C23H22N2O2S3/c1-15(2)29-18-8-6-16(7-9-18)22(26)25(14-17-5-4-12-27-17)23-24-20-11-10-19(28-3)13-21(20)30-23/h4-13,15H,14H2,1-3H3. The number of carbonyl (C=O) groups is 1. The minimum absolute atomic E-state index is 0.0864. The molecule has 0 saturated carbocycles. The molecule has 2 aromatic heterocycles. The molecule has 154 valence electrons. The van der Waals surface area contributed by atoms with Crippen molar-refractivity contribution < 1.29 is 9.21 Å². The van der Waals surface area contributed by atoms with Crippen molar-refractivity contribution in [1.82, 2.24) is 4.98 Å². The van der Waals surface area contributed by atoms with Crippen molar-refractivity contribution in [3.8, 4) is 0 Å². The first-order chi connectivity index (χ1) is 14.5. The molecule has 0 aliphatic rings. The first-order valence-electron chi connectivity index (χ1n) is 9.59. The van der Waals surface area contributed by atoms with Crippen molar-refractivity contribution in [3.63, 3.8) is 0 Å². The van der Waals surface area contributed by atoms with Gasteiger partial charge in [0.25, 0.3) is 5.91 Å². The lowest BCUT2D eigenvalue weighted by atomic mass is 10.2. The van der Waals surface area contributed by atoms with Crippen molar-refractivity contribution in [2.45, 2.75) is 35.4 Å². The lowest BCUT2D eigenvalue weighted by Crippen LogP contribution is -2.30. The molecule has 0 unspecified atom stereocenters. The zero-order chi connectivity index (χ0) is 21.1. The summed E-state index contributed by atoms with van der Waals surface area (Å²) in [5.41, 5.74) is 1.53. The highest BCUT2D eigenvalue weighted by atomic mass is 32.2. The van der Waals surface area contributed by atoms with E-state index in [0.29, 0.717) is 22.5 Å². The van der Waals surface area contributed by atoms with Gasteiger partial charge in [-0.05, 0) is 60.9 Å². The predicted octanol–water partition coefficient (Wildman–Crippen LogP) is 6.96. The number of fused-ring (bicyclic) bond motifs is 1. The molecule has 4 rings (SSSR count). The fourth-order valence-electron chi connectivity index (χ4n) is 3.02. The van der Waals surface area contributed by atoms with Crippen LogP contribution in [0.5, 0.6) is 0 Å². The van der Waals surface area contributed by atoms with E-state index < -0.39 is 0 Å². The van der Waals surface area contributed by atoms with Crippen LogP contribution in [0.1, 0.15) is 30.0 Å². The Morgan fingerprint density at radius 2 is 1.90 bits per heavy atom. The second-order valence-electron chi connectivity index (χ2n) is 6.99. The Morgan fingerprint density at radius 3 is 2.57 bits per heavy atom. The average molecular weight is 455 g/mol. The number of hydrogen-bond acceptors (Lipinski definition) is 6. The summed E-state index contributed by atoms with van der Waals surface area (Å²) in [5.74, 6) is 0.635. The lowest BCUT2D eigenvalue weighted by Gasteiger charge is -2.19. The molecule has 0 atom stereocenters. The number of furan rings is 1. The number of amides is 1. The van der Waals surface area contributed by atoms with E-state index in [1.807, 2.05) is 42.5 Å². The summed E-state index contributed by atoms with van der Waals surface area (Å²) in [6.07, 6.45) is 3.68. The summed E-state index contributed by atoms with van der Waals surface area (Å²) in [7, 11) is 0. The van der Waals surface area contributed by atoms with Crippen molar-refractivity contribution in [2.75, 3.05) is 11.2 Å². The van der Waals surface area contributed by atoms with Crippen LogP contribution in [-0.2, 0) is 6.54 Å². The molecule has 2 heterocycles. The van der Waals surface area contributed by atoms with E-state index in [2.05, 4.69) is 32.2 Å². The van der Waals surface area contributed by atoms with Crippen LogP contribution in [0.2, 0.25) is 0 Å². The van der Waals surface area contributed by atoms with Crippen LogP contribution in [0.15, 0.2) is 75.1 Å². The van der Waals surface area contributed by atoms with Crippen molar-refractivity contribution in [3.05, 3.63) is 72.2 Å². The molecule has 30 heavy (non-hydrogen) atoms. The highest BCUT2D eigenvalue weighted by Gasteiger charge is 2.23. The largest absolute Gasteiger partial charge is 0.467 e. The molecule has 7 heteroatoms. The van der Waals surface area contributed by atoms with E-state index in [-0.39, 0.29) is 5.91 Å². The summed E-state index contributed by atoms with van der Waals surface area (Å²) >= 11 is 5.00. The van der Waals surface area contributed by atoms with Gasteiger partial charge in [0.05, 0.1) is 23.0 Å². The third-order valence-corrected chi connectivity index (χ3v) is 7.21. The molecule has 0 N–H and O–H groups in total. The van der Waals surface area contributed by atoms with E-state index in [9.17, 15) is 4.79 Å². The third kappa shape index (κ3) is 4.74. The average Bonchev–Trinajstić information content (AvgIpc) is 3.40. The fraction of sp³-hybridized carbons (Fsp3) is 0.217. The van der Waals surface area contributed by atoms with E-state index >= 15 is 0 Å². The van der Waals surface area contributed by atoms with Crippen LogP contribution in [0.3, 0.4) is 0 Å². The Hall–Kier alpha value is -2.22. The maximum atomic E-state index is 13.4. The zero-order valence-electron chi connectivity index (χ0n) is 17.0. The SMILES string of the molecule is CSc1ccc2nc(N(Cc3ccco3)C(=O)c3ccc(SC(C)C)cc3)sc2c1. The van der Waals surface area contributed by atoms with Gasteiger partial charge in [0.15, 0.2) is 5.13 Å². The van der Waals surface area contributed by atoms with Crippen LogP contribution in [0, 0.1) is 0 Å². The number of benzene rings is 2. The molecule has 4 nitrogen and oxygen atoms in total. The maximum Gasteiger partial charge on any atom is 0.260 e. The summed E-state index contributed by atoms with van der Waals surface area (Å²) in [4.78, 5) is 22.2. The number of thiazole rings is 1. The van der Waals surface area contributed by atoms with Gasteiger partial charge in [0.2, 0.25) is 0 Å². The molecule has 2 aromatic carbocycles. The second kappa shape index (κ2) is 9.29. The van der Waals surface area contributed by atoms with E-state index in [0.717, 1.165) is 20.9 Å². The molecule has 0 fully saturated rings. The molecular formula is C23H22N2O2S3. The number of carbonyl (C=O) groups excluding carboxylic acids is 1. The summed E-state index contributed by atoms with van der Waals surface area (Å²) in [5, 5.41) is 1.17. The minimum Gasteiger partial charge on any atom is -0.467 e. The summed E-state index contributed by atoms with van der Waals surface area (Å²) in [6.45, 7) is 4.65. The summed E-state index contributed by atoms with van der Waals surface area (Å²) in [6, 6.07) is 17.7. The topological polar surface area (TPSA) is 46.3 Å². The number of aromatic nitrogens is 1. The highest BCUT2D eigenvalue weighted by molar-refractivity contribution is 8.00. The van der Waals surface area contributed by atoms with E-state index in [1.54, 1.807) is 34.7 Å². The van der Waals surface area contributed by atoms with E-state index in [4.69, 9.17) is 9.40 Å². The van der Waals surface area contributed by atoms with Gasteiger partial charge >= 0.3 is 0 Å². The molecule has 0 aliphatic carbocycles. The molecule has 0 aliphatic heterocycles. The van der Waals surface area contributed by atoms with Crippen LogP contribution >= 0.6 is 34.9 Å². The Balaban J connectivity index is 1.68. The van der Waals surface area contributed by atoms with Crippen molar-refractivity contribution in [2.24, 2.45) is 0 Å². The Labute approximate surface area is 188 Å². The number of thioether (sulfide) groups is 2. The van der Waals surface area contributed by atoms with Gasteiger partial charge in [0.1, 0.15) is 5.76 Å². The molecule has 4 aromatic rings. The van der Waals surface area contributed by atoms with Gasteiger partial charge in [-0.1, -0.05) is 25.2 Å². The van der Waals surface area contributed by atoms with Crippen LogP contribution < -0.4 is 4.90 Å². The smallest absolute Gasteiger partial charge is 0.260 e. The van der Waals surface area contributed by atoms with Gasteiger partial charge in [-0.15, -0.1) is 23.5 Å². The first kappa shape index (κ1) is 21.0. The van der Waals surface area contributed by atoms with Gasteiger partial charge < -0.3 is 4.42 Å². The second-order valence-corrected chi connectivity index (χ2v) is 10.5. The normalized spacial score (nSPS) is 11.3. The van der Waals surface area contributed by atoms with Gasteiger partial charge in [-0.25, -0.2) is 4.98 Å². The first-order valence-corrected chi connectivity index (χ1v) is 12.5. The van der Waals surface area contributed by atoms with Gasteiger partial charge in [-0.2, -0.15) is 0 Å². The minimum atomic E-state index is -0.0864. The Bertz CT molecular complexity index is 1140. The number of hydrogen-bond donors (Lipinski definition) is 0. The number of rotatable bonds is 7. The highest BCUT2D eigenvalue weighted by Crippen LogP contribution is 2.33. The van der Waals surface area contributed by atoms with Crippen LogP contribution in [0.4, 0.5) is 5.13 Å². The molecule has 0 radical (unpaired) electrons. The van der Waals surface area contributed by atoms with Gasteiger partial charge in [-0.3, -0.25) is 9.69 Å². The fourth-order valence-corrected chi connectivity index (χ4v) is 5.38. The number of nitrogens with zero attached hydrogens (tertiary/aromatic N) is 2. The molecule has 0 saturated heterocycles. The maximum absolute atomic E-state index is 13.4. The third-order valence-electron chi connectivity index (χ3n) is 4.43. The molecule has 1 amide bonds. The predicted molar refractivity (Wildman–Crippen MR) is 128 cm³/mol.